The summed E-state index contributed by atoms with van der Waals surface area (Å²) >= 11 is 0. The van der Waals surface area contributed by atoms with Crippen molar-refractivity contribution in [3.8, 4) is 0 Å². The molecule has 0 fully saturated rings. The normalized spacial score (nSPS) is 17.9. The van der Waals surface area contributed by atoms with Gasteiger partial charge in [0.2, 0.25) is 25.7 Å². The van der Waals surface area contributed by atoms with Gasteiger partial charge in [-0.1, -0.05) is 19.9 Å². The first-order valence-corrected chi connectivity index (χ1v) is 19.4. The molecule has 0 aliphatic carbocycles. The van der Waals surface area contributed by atoms with Crippen molar-refractivity contribution in [1.82, 2.24) is 14.3 Å². The molecule has 4 rings (SSSR count). The van der Waals surface area contributed by atoms with Crippen molar-refractivity contribution in [2.45, 2.75) is 48.3 Å². The van der Waals surface area contributed by atoms with Gasteiger partial charge in [-0.25, -0.2) is 26.3 Å². The number of sulfonamides is 2. The third-order valence-corrected chi connectivity index (χ3v) is 12.1. The van der Waals surface area contributed by atoms with E-state index >= 15 is 0 Å². The van der Waals surface area contributed by atoms with Crippen LogP contribution in [0.15, 0.2) is 70.1 Å². The monoisotopic (exact) mass is 717 g/mol. The van der Waals surface area contributed by atoms with E-state index in [9.17, 15) is 16.8 Å². The standard InChI is InChI=1S/C35H53N6O6S2/c1-34(2)28-24-26(48(42,43)37-17-19-39(5)6)12-14-30(28)40(7)32(34)10-9-11-33-35(3,4)29-25-27(13-15-31(29)41(33)8)49(44,45)38-18-21-47-23-22-46-20-16-36/h9-15,24-25,37-38H,16-23,36H2,1-8H3/q+1. The molecule has 0 amide bonds. The largest absolute Gasteiger partial charge is 0.378 e. The summed E-state index contributed by atoms with van der Waals surface area (Å²) < 4.78 is 70.5. The van der Waals surface area contributed by atoms with Crippen LogP contribution in [0.5, 0.6) is 0 Å². The SMILES string of the molecule is CN(C)CCNS(=O)(=O)c1ccc2c(c1)C(C)(C)C(/C=C/C=C1\N(C)c3ccc(S(=O)(=O)NCCOCCOCCN)cc3C1(C)C)=[N+]2C. The maximum Gasteiger partial charge on any atom is 0.240 e. The lowest BCUT2D eigenvalue weighted by atomic mass is 9.81. The van der Waals surface area contributed by atoms with E-state index in [0.717, 1.165) is 33.9 Å². The van der Waals surface area contributed by atoms with Gasteiger partial charge in [0.1, 0.15) is 7.05 Å². The van der Waals surface area contributed by atoms with Crippen LogP contribution >= 0.6 is 0 Å². The van der Waals surface area contributed by atoms with Gasteiger partial charge in [-0.05, 0) is 69.9 Å². The van der Waals surface area contributed by atoms with Gasteiger partial charge < -0.3 is 25.0 Å². The molecule has 2 aliphatic heterocycles. The first-order chi connectivity index (χ1) is 22.9. The van der Waals surface area contributed by atoms with E-state index in [-0.39, 0.29) is 22.9 Å². The lowest BCUT2D eigenvalue weighted by molar-refractivity contribution is -0.401. The van der Waals surface area contributed by atoms with E-state index in [4.69, 9.17) is 15.2 Å². The zero-order chi connectivity index (χ0) is 36.2. The van der Waals surface area contributed by atoms with Gasteiger partial charge in [0.05, 0.1) is 41.6 Å². The third-order valence-electron chi connectivity index (χ3n) is 9.16. The number of hydrogen-bond acceptors (Lipinski definition) is 9. The molecule has 0 atom stereocenters. The van der Waals surface area contributed by atoms with Crippen LogP contribution < -0.4 is 20.1 Å². The van der Waals surface area contributed by atoms with E-state index in [1.165, 1.54) is 0 Å². The van der Waals surface area contributed by atoms with Gasteiger partial charge in [-0.2, -0.15) is 4.58 Å². The average molecular weight is 718 g/mol. The van der Waals surface area contributed by atoms with Crippen LogP contribution in [0.25, 0.3) is 0 Å². The number of hydrogen-bond donors (Lipinski definition) is 3. The smallest absolute Gasteiger partial charge is 0.240 e. The molecule has 0 bridgehead atoms. The van der Waals surface area contributed by atoms with E-state index in [1.807, 2.05) is 51.3 Å². The van der Waals surface area contributed by atoms with Crippen LogP contribution in [0.3, 0.4) is 0 Å². The second-order valence-corrected chi connectivity index (χ2v) is 17.2. The Morgan fingerprint density at radius 3 is 2.08 bits per heavy atom. The first-order valence-electron chi connectivity index (χ1n) is 16.5. The highest BCUT2D eigenvalue weighted by molar-refractivity contribution is 7.89. The van der Waals surface area contributed by atoms with Crippen molar-refractivity contribution in [3.05, 3.63) is 71.5 Å². The van der Waals surface area contributed by atoms with Gasteiger partial charge in [-0.3, -0.25) is 0 Å². The number of likely N-dealkylation sites (N-methyl/N-ethyl adjacent to an activating group) is 2. The van der Waals surface area contributed by atoms with Gasteiger partial charge in [-0.15, -0.1) is 0 Å². The summed E-state index contributed by atoms with van der Waals surface area (Å²) in [6, 6.07) is 10.5. The highest BCUT2D eigenvalue weighted by atomic mass is 32.2. The Kier molecular flexibility index (Phi) is 12.3. The van der Waals surface area contributed by atoms with Crippen LogP contribution in [0.1, 0.15) is 38.8 Å². The Balaban J connectivity index is 1.49. The quantitative estimate of drug-likeness (QED) is 0.166. The highest BCUT2D eigenvalue weighted by Crippen LogP contribution is 2.47. The topological polar surface area (TPSA) is 146 Å². The van der Waals surface area contributed by atoms with E-state index < -0.39 is 30.9 Å². The lowest BCUT2D eigenvalue weighted by Gasteiger charge is -2.23. The molecule has 2 aromatic rings. The molecular formula is C35H53N6O6S2+. The lowest BCUT2D eigenvalue weighted by Crippen LogP contribution is -2.31. The third kappa shape index (κ3) is 8.51. The van der Waals surface area contributed by atoms with Crippen molar-refractivity contribution in [1.29, 1.82) is 0 Å². The zero-order valence-corrected chi connectivity index (χ0v) is 31.7. The van der Waals surface area contributed by atoms with E-state index in [1.54, 1.807) is 24.3 Å². The number of ether oxygens (including phenoxy) is 2. The first kappa shape index (κ1) is 38.8. The van der Waals surface area contributed by atoms with Crippen molar-refractivity contribution >= 4 is 37.1 Å². The fraction of sp³-hybridized carbons (Fsp3) is 0.514. The Morgan fingerprint density at radius 2 is 1.45 bits per heavy atom. The summed E-state index contributed by atoms with van der Waals surface area (Å²) in [4.78, 5) is 4.47. The maximum absolute atomic E-state index is 13.1. The Hall–Kier alpha value is -2.95. The molecular weight excluding hydrogens is 665 g/mol. The summed E-state index contributed by atoms with van der Waals surface area (Å²) in [5, 5.41) is 0. The van der Waals surface area contributed by atoms with Crippen molar-refractivity contribution in [3.63, 3.8) is 0 Å². The number of nitrogens with one attached hydrogen (secondary N) is 2. The van der Waals surface area contributed by atoms with Crippen LogP contribution in [-0.2, 0) is 40.4 Å². The summed E-state index contributed by atoms with van der Waals surface area (Å²) in [5.74, 6) is 0. The molecule has 49 heavy (non-hydrogen) atoms. The minimum absolute atomic E-state index is 0.147. The molecule has 2 aromatic carbocycles. The van der Waals surface area contributed by atoms with Crippen molar-refractivity contribution in [2.24, 2.45) is 5.73 Å². The van der Waals surface area contributed by atoms with Gasteiger partial charge in [0.15, 0.2) is 5.71 Å². The fourth-order valence-corrected chi connectivity index (χ4v) is 8.51. The Bertz CT molecular complexity index is 1830. The second-order valence-electron chi connectivity index (χ2n) is 13.6. The molecule has 2 aliphatic rings. The Morgan fingerprint density at radius 1 is 0.857 bits per heavy atom. The van der Waals surface area contributed by atoms with Crippen LogP contribution in [0.2, 0.25) is 0 Å². The van der Waals surface area contributed by atoms with Crippen LogP contribution in [-0.4, -0.2) is 113 Å². The molecule has 270 valence electrons. The number of nitrogens with zero attached hydrogens (tertiary/aromatic N) is 3. The fourth-order valence-electron chi connectivity index (χ4n) is 6.42. The minimum atomic E-state index is -3.74. The second kappa shape index (κ2) is 15.5. The number of rotatable bonds is 17. The molecule has 0 saturated carbocycles. The minimum Gasteiger partial charge on any atom is -0.378 e. The number of allylic oxidation sites excluding steroid dienone is 4. The number of anilines is 1. The molecule has 14 heteroatoms. The van der Waals surface area contributed by atoms with Gasteiger partial charge >= 0.3 is 0 Å². The summed E-state index contributed by atoms with van der Waals surface area (Å²) in [7, 11) is 0.382. The Labute approximate surface area is 292 Å². The summed E-state index contributed by atoms with van der Waals surface area (Å²) in [6.07, 6.45) is 6.14. The number of nitrogens with two attached hydrogens (primary N) is 1. The van der Waals surface area contributed by atoms with E-state index in [2.05, 4.69) is 58.8 Å². The van der Waals surface area contributed by atoms with Crippen molar-refractivity contribution in [2.75, 3.05) is 85.7 Å². The zero-order valence-electron chi connectivity index (χ0n) is 30.0. The van der Waals surface area contributed by atoms with Crippen molar-refractivity contribution < 1.29 is 30.9 Å². The highest BCUT2D eigenvalue weighted by Gasteiger charge is 2.44. The van der Waals surface area contributed by atoms with Crippen LogP contribution in [0, 0.1) is 0 Å². The molecule has 4 N–H and O–H groups in total. The van der Waals surface area contributed by atoms with Crippen LogP contribution in [0.4, 0.5) is 11.4 Å². The molecule has 0 unspecified atom stereocenters. The molecule has 12 nitrogen and oxygen atoms in total. The average Bonchev–Trinajstić information content (AvgIpc) is 3.35. The molecule has 0 spiro atoms. The predicted octanol–water partition coefficient (Wildman–Crippen LogP) is 2.67. The maximum atomic E-state index is 13.1. The predicted molar refractivity (Wildman–Crippen MR) is 195 cm³/mol. The molecule has 0 saturated heterocycles. The molecule has 0 radical (unpaired) electrons. The van der Waals surface area contributed by atoms with Gasteiger partial charge in [0, 0.05) is 67.7 Å². The number of benzene rings is 2. The summed E-state index contributed by atoms with van der Waals surface area (Å²) in [6.45, 7) is 11.4. The van der Waals surface area contributed by atoms with E-state index in [0.29, 0.717) is 39.5 Å². The summed E-state index contributed by atoms with van der Waals surface area (Å²) in [5.41, 5.74) is 10.3. The van der Waals surface area contributed by atoms with Gasteiger partial charge in [0.25, 0.3) is 0 Å². The molecule has 0 aromatic heterocycles. The number of fused-ring (bicyclic) bond motifs is 2. The molecule has 2 heterocycles.